The lowest BCUT2D eigenvalue weighted by Gasteiger charge is -2.12. The number of hydrogen-bond donors (Lipinski definition) is 1. The second kappa shape index (κ2) is 11.7. The lowest BCUT2D eigenvalue weighted by molar-refractivity contribution is -0.127. The molecule has 0 unspecified atom stereocenters. The van der Waals surface area contributed by atoms with Gasteiger partial charge < -0.3 is 23.9 Å². The van der Waals surface area contributed by atoms with Crippen LogP contribution in [0.1, 0.15) is 27.4 Å². The molecular weight excluding hydrogens is 512 g/mol. The number of hydrogen-bond acceptors (Lipinski definition) is 9. The number of thioether (sulfide) groups is 1. The van der Waals surface area contributed by atoms with Gasteiger partial charge in [-0.2, -0.15) is 0 Å². The van der Waals surface area contributed by atoms with Crippen molar-refractivity contribution in [2.75, 3.05) is 26.1 Å². The van der Waals surface area contributed by atoms with Gasteiger partial charge >= 0.3 is 5.97 Å². The van der Waals surface area contributed by atoms with Crippen LogP contribution in [0, 0.1) is 6.92 Å². The van der Waals surface area contributed by atoms with Crippen LogP contribution in [0.5, 0.6) is 11.5 Å². The van der Waals surface area contributed by atoms with Crippen LogP contribution >= 0.6 is 11.8 Å². The van der Waals surface area contributed by atoms with Crippen LogP contribution in [0.25, 0.3) is 6.08 Å². The number of aryl methyl sites for hydroxylation is 1. The summed E-state index contributed by atoms with van der Waals surface area (Å²) in [6.07, 6.45) is 1.55. The second-order valence-corrected chi connectivity index (χ2v) is 9.14. The molecule has 0 atom stereocenters. The number of methoxy groups -OCH3 is 2. The number of carbonyl (C=O) groups is 4. The molecule has 10 nitrogen and oxygen atoms in total. The molecular formula is C27H24N2O8S. The summed E-state index contributed by atoms with van der Waals surface area (Å²) in [5.41, 5.74) is 2.15. The van der Waals surface area contributed by atoms with Gasteiger partial charge in [-0.3, -0.25) is 19.3 Å². The molecule has 1 fully saturated rings. The van der Waals surface area contributed by atoms with Gasteiger partial charge in [0.2, 0.25) is 11.7 Å². The normalized spacial score (nSPS) is 14.1. The molecule has 196 valence electrons. The fraction of sp³-hybridized carbons (Fsp3) is 0.185. The van der Waals surface area contributed by atoms with E-state index in [1.807, 2.05) is 13.0 Å². The van der Waals surface area contributed by atoms with Crippen LogP contribution in [-0.2, 0) is 20.9 Å². The van der Waals surface area contributed by atoms with Crippen LogP contribution in [0.3, 0.4) is 0 Å². The zero-order chi connectivity index (χ0) is 27.2. The van der Waals surface area contributed by atoms with Crippen molar-refractivity contribution >= 4 is 46.5 Å². The highest BCUT2D eigenvalue weighted by Gasteiger charge is 2.36. The van der Waals surface area contributed by atoms with Crippen molar-refractivity contribution in [3.63, 3.8) is 0 Å². The molecule has 1 aliphatic rings. The fourth-order valence-corrected chi connectivity index (χ4v) is 4.40. The van der Waals surface area contributed by atoms with Crippen LogP contribution in [-0.4, -0.2) is 48.7 Å². The van der Waals surface area contributed by atoms with E-state index in [0.717, 1.165) is 22.2 Å². The third-order valence-corrected chi connectivity index (χ3v) is 6.29. The highest BCUT2D eigenvalue weighted by Crippen LogP contribution is 2.35. The number of ether oxygens (including phenoxy) is 3. The average Bonchev–Trinajstić information content (AvgIpc) is 3.47. The number of carbonyl (C=O) groups excluding carboxylic acids is 4. The van der Waals surface area contributed by atoms with Gasteiger partial charge in [0, 0.05) is 5.69 Å². The van der Waals surface area contributed by atoms with Gasteiger partial charge in [-0.25, -0.2) is 4.79 Å². The third-order valence-electron chi connectivity index (χ3n) is 5.38. The van der Waals surface area contributed by atoms with Gasteiger partial charge in [-0.1, -0.05) is 18.2 Å². The van der Waals surface area contributed by atoms with Crippen molar-refractivity contribution in [2.24, 2.45) is 0 Å². The van der Waals surface area contributed by atoms with E-state index in [1.54, 1.807) is 48.5 Å². The van der Waals surface area contributed by atoms with E-state index in [1.165, 1.54) is 20.3 Å². The smallest absolute Gasteiger partial charge is 0.373 e. The predicted octanol–water partition coefficient (Wildman–Crippen LogP) is 4.64. The number of anilines is 1. The molecule has 1 aromatic heterocycles. The lowest BCUT2D eigenvalue weighted by Crippen LogP contribution is -2.36. The van der Waals surface area contributed by atoms with E-state index in [9.17, 15) is 19.2 Å². The standard InChI is InChI=1S/C27H24N2O8S/c1-16-5-4-6-18(11-16)28-24(30)14-29-25(31)23(38-27(29)33)13-17-7-9-20(22(12-17)34-2)36-15-19-8-10-21(37-19)26(32)35-3/h4-13H,14-15H2,1-3H3,(H,28,30). The fourth-order valence-electron chi connectivity index (χ4n) is 3.56. The van der Waals surface area contributed by atoms with Gasteiger partial charge in [0.1, 0.15) is 18.9 Å². The molecule has 2 heterocycles. The Balaban J connectivity index is 1.41. The molecule has 0 aliphatic carbocycles. The minimum Gasteiger partial charge on any atom is -0.493 e. The maximum absolute atomic E-state index is 12.9. The number of benzene rings is 2. The van der Waals surface area contributed by atoms with E-state index in [0.29, 0.717) is 28.5 Å². The molecule has 0 saturated carbocycles. The number of esters is 1. The monoisotopic (exact) mass is 536 g/mol. The minimum atomic E-state index is -0.588. The summed E-state index contributed by atoms with van der Waals surface area (Å²) >= 11 is 0.755. The Labute approximate surface area is 222 Å². The summed E-state index contributed by atoms with van der Waals surface area (Å²) in [7, 11) is 2.73. The molecule has 38 heavy (non-hydrogen) atoms. The molecule has 0 spiro atoms. The SMILES string of the molecule is COC(=O)c1ccc(COc2ccc(C=C3SC(=O)N(CC(=O)Nc4cccc(C)c4)C3=O)cc2OC)o1. The van der Waals surface area contributed by atoms with Crippen molar-refractivity contribution in [1.29, 1.82) is 0 Å². The van der Waals surface area contributed by atoms with Crippen molar-refractivity contribution in [2.45, 2.75) is 13.5 Å². The summed E-state index contributed by atoms with van der Waals surface area (Å²) in [5.74, 6) is -0.353. The number of amides is 3. The molecule has 0 radical (unpaired) electrons. The number of furan rings is 1. The molecule has 2 aromatic carbocycles. The zero-order valence-electron chi connectivity index (χ0n) is 20.8. The third kappa shape index (κ3) is 6.24. The highest BCUT2D eigenvalue weighted by atomic mass is 32.2. The van der Waals surface area contributed by atoms with Crippen molar-refractivity contribution in [3.8, 4) is 11.5 Å². The first-order valence-corrected chi connectivity index (χ1v) is 12.2. The molecule has 3 aromatic rings. The predicted molar refractivity (Wildman–Crippen MR) is 140 cm³/mol. The Kier molecular flexibility index (Phi) is 8.17. The van der Waals surface area contributed by atoms with E-state index < -0.39 is 29.6 Å². The van der Waals surface area contributed by atoms with Crippen LogP contribution in [0.15, 0.2) is 63.9 Å². The molecule has 11 heteroatoms. The number of nitrogens with zero attached hydrogens (tertiary/aromatic N) is 1. The number of nitrogens with one attached hydrogen (secondary N) is 1. The first kappa shape index (κ1) is 26.6. The Morgan fingerprint density at radius 3 is 2.61 bits per heavy atom. The number of imide groups is 1. The maximum atomic E-state index is 12.9. The van der Waals surface area contributed by atoms with E-state index in [2.05, 4.69) is 10.1 Å². The van der Waals surface area contributed by atoms with Gasteiger partial charge in [0.05, 0.1) is 19.1 Å². The largest absolute Gasteiger partial charge is 0.493 e. The van der Waals surface area contributed by atoms with Gasteiger partial charge in [-0.15, -0.1) is 0 Å². The van der Waals surface area contributed by atoms with Gasteiger partial charge in [-0.05, 0) is 72.3 Å². The van der Waals surface area contributed by atoms with Gasteiger partial charge in [0.25, 0.3) is 11.1 Å². The molecule has 1 N–H and O–H groups in total. The summed E-state index contributed by atoms with van der Waals surface area (Å²) < 4.78 is 21.2. The summed E-state index contributed by atoms with van der Waals surface area (Å²) in [5, 5.41) is 2.17. The Hall–Kier alpha value is -4.51. The lowest BCUT2D eigenvalue weighted by atomic mass is 10.2. The van der Waals surface area contributed by atoms with E-state index in [-0.39, 0.29) is 17.3 Å². The molecule has 3 amide bonds. The first-order chi connectivity index (χ1) is 18.3. The van der Waals surface area contributed by atoms with Crippen molar-refractivity contribution in [3.05, 3.63) is 82.1 Å². The maximum Gasteiger partial charge on any atom is 0.373 e. The van der Waals surface area contributed by atoms with Crippen molar-refractivity contribution in [1.82, 2.24) is 4.90 Å². The summed E-state index contributed by atoms with van der Waals surface area (Å²) in [6, 6.07) is 15.3. The van der Waals surface area contributed by atoms with E-state index in [4.69, 9.17) is 13.9 Å². The molecule has 1 aliphatic heterocycles. The summed E-state index contributed by atoms with van der Waals surface area (Å²) in [4.78, 5) is 50.3. The molecule has 4 rings (SSSR count). The molecule has 0 bridgehead atoms. The zero-order valence-corrected chi connectivity index (χ0v) is 21.6. The van der Waals surface area contributed by atoms with E-state index >= 15 is 0 Å². The van der Waals surface area contributed by atoms with Crippen LogP contribution < -0.4 is 14.8 Å². The Morgan fingerprint density at radius 2 is 1.87 bits per heavy atom. The van der Waals surface area contributed by atoms with Crippen LogP contribution in [0.4, 0.5) is 10.5 Å². The van der Waals surface area contributed by atoms with Crippen LogP contribution in [0.2, 0.25) is 0 Å². The quantitative estimate of drug-likeness (QED) is 0.308. The minimum absolute atomic E-state index is 0.0379. The Bertz CT molecular complexity index is 1430. The average molecular weight is 537 g/mol. The van der Waals surface area contributed by atoms with Gasteiger partial charge in [0.15, 0.2) is 11.5 Å². The first-order valence-electron chi connectivity index (χ1n) is 11.4. The highest BCUT2D eigenvalue weighted by molar-refractivity contribution is 8.18. The summed E-state index contributed by atoms with van der Waals surface area (Å²) in [6.45, 7) is 1.54. The Morgan fingerprint density at radius 1 is 1.05 bits per heavy atom. The molecule has 1 saturated heterocycles. The topological polar surface area (TPSA) is 124 Å². The van der Waals surface area contributed by atoms with Crippen molar-refractivity contribution < 1.29 is 37.8 Å². The second-order valence-electron chi connectivity index (χ2n) is 8.14. The number of rotatable bonds is 9.